The maximum atomic E-state index is 2.52. The van der Waals surface area contributed by atoms with Crippen LogP contribution in [-0.2, 0) is 16.2 Å². The third-order valence-corrected chi connectivity index (χ3v) is 15.0. The van der Waals surface area contributed by atoms with Crippen molar-refractivity contribution in [3.8, 4) is 11.1 Å². The predicted molar refractivity (Wildman–Crippen MR) is 303 cm³/mol. The van der Waals surface area contributed by atoms with Gasteiger partial charge in [0.2, 0.25) is 0 Å². The Bertz CT molecular complexity index is 3690. The van der Waals surface area contributed by atoms with Gasteiger partial charge in [0.15, 0.2) is 0 Å². The number of rotatable bonds is 8. The Morgan fingerprint density at radius 3 is 1.24 bits per heavy atom. The number of anilines is 6. The van der Waals surface area contributed by atoms with Gasteiger partial charge in [0.25, 0.3) is 0 Å². The molecule has 0 spiro atoms. The fourth-order valence-electron chi connectivity index (χ4n) is 11.5. The van der Waals surface area contributed by atoms with Gasteiger partial charge in [0.1, 0.15) is 0 Å². The van der Waals surface area contributed by atoms with Crippen LogP contribution in [0.2, 0.25) is 0 Å². The molecule has 0 N–H and O–H groups in total. The molecule has 0 saturated heterocycles. The predicted octanol–water partition coefficient (Wildman–Crippen LogP) is 19.0. The Morgan fingerprint density at radius 1 is 0.310 bits per heavy atom. The zero-order valence-corrected chi connectivity index (χ0v) is 41.5. The van der Waals surface area contributed by atoms with Gasteiger partial charge in [-0.05, 0) is 173 Å². The van der Waals surface area contributed by atoms with Crippen molar-refractivity contribution in [2.24, 2.45) is 0 Å². The van der Waals surface area contributed by atoms with Crippen molar-refractivity contribution in [2.75, 3.05) is 9.80 Å². The normalized spacial score (nSPS) is 13.0. The molecule has 0 amide bonds. The summed E-state index contributed by atoms with van der Waals surface area (Å²) >= 11 is 0. The van der Waals surface area contributed by atoms with E-state index in [-0.39, 0.29) is 10.8 Å². The molecule has 0 heterocycles. The second kappa shape index (κ2) is 17.0. The van der Waals surface area contributed by atoms with Crippen LogP contribution in [0.5, 0.6) is 0 Å². The van der Waals surface area contributed by atoms with E-state index in [4.69, 9.17) is 0 Å². The van der Waals surface area contributed by atoms with Crippen molar-refractivity contribution >= 4 is 66.4 Å². The first kappa shape index (κ1) is 44.0. The third-order valence-electron chi connectivity index (χ3n) is 15.0. The number of para-hydroxylation sites is 2. The molecule has 0 fully saturated rings. The van der Waals surface area contributed by atoms with Crippen molar-refractivity contribution in [3.63, 3.8) is 0 Å². The van der Waals surface area contributed by atoms with Crippen LogP contribution in [0.15, 0.2) is 243 Å². The molecule has 11 aromatic carbocycles. The van der Waals surface area contributed by atoms with Crippen LogP contribution in [0.4, 0.5) is 34.1 Å². The minimum Gasteiger partial charge on any atom is -0.310 e. The molecule has 0 aliphatic heterocycles. The number of hydrogen-bond acceptors (Lipinski definition) is 2. The van der Waals surface area contributed by atoms with Gasteiger partial charge < -0.3 is 9.80 Å². The molecular formula is C69H58N2. The van der Waals surface area contributed by atoms with E-state index in [0.29, 0.717) is 0 Å². The summed E-state index contributed by atoms with van der Waals surface area (Å²) in [6, 6.07) is 90.7. The zero-order valence-electron chi connectivity index (χ0n) is 41.5. The van der Waals surface area contributed by atoms with Crippen molar-refractivity contribution in [1.29, 1.82) is 0 Å². The van der Waals surface area contributed by atoms with Crippen molar-refractivity contribution in [2.45, 2.75) is 57.8 Å². The molecular weight excluding hydrogens is 857 g/mol. The van der Waals surface area contributed by atoms with Gasteiger partial charge in [-0.15, -0.1) is 0 Å². The second-order valence-corrected chi connectivity index (χ2v) is 21.4. The van der Waals surface area contributed by atoms with Gasteiger partial charge in [0, 0.05) is 34.1 Å². The molecule has 0 unspecified atom stereocenters. The fourth-order valence-corrected chi connectivity index (χ4v) is 11.5. The fraction of sp³-hybridized carbons (Fsp3) is 0.130. The van der Waals surface area contributed by atoms with Crippen LogP contribution in [0.1, 0.15) is 74.9 Å². The first-order valence-electron chi connectivity index (χ1n) is 25.1. The lowest BCUT2D eigenvalue weighted by Gasteiger charge is -2.35. The molecule has 2 nitrogen and oxygen atoms in total. The van der Waals surface area contributed by atoms with Crippen LogP contribution in [0.25, 0.3) is 43.4 Å². The Labute approximate surface area is 419 Å². The van der Waals surface area contributed by atoms with E-state index >= 15 is 0 Å². The van der Waals surface area contributed by atoms with E-state index in [9.17, 15) is 0 Å². The summed E-state index contributed by atoms with van der Waals surface area (Å²) in [5.74, 6) is 0. The number of nitrogens with zero attached hydrogens (tertiary/aromatic N) is 2. The summed E-state index contributed by atoms with van der Waals surface area (Å²) in [5, 5.41) is 7.39. The topological polar surface area (TPSA) is 6.48 Å². The van der Waals surface area contributed by atoms with Crippen LogP contribution >= 0.6 is 0 Å². The molecule has 344 valence electrons. The lowest BCUT2D eigenvalue weighted by atomic mass is 9.66. The standard InChI is InChI=1S/C69H58N2/c1-67(2,3)49-32-37-55(38-33-49)70(53-25-15-9-16-26-53)57-36-31-47-44-63-64(45-48(47)43-57)69(51-21-11-7-12-22-51,52-23-13-8-14-24-52)66-61-42-41-58(46-62(61)59-29-19-20-30-60(59)65(63)66)71(54-27-17-10-18-28-54)56-39-34-50(35-40-56)68(4,5)6/h7-46H,1-6H3. The van der Waals surface area contributed by atoms with Gasteiger partial charge in [0.05, 0.1) is 5.41 Å². The van der Waals surface area contributed by atoms with Gasteiger partial charge >= 0.3 is 0 Å². The summed E-state index contributed by atoms with van der Waals surface area (Å²) in [5.41, 5.74) is 16.5. The largest absolute Gasteiger partial charge is 0.310 e. The van der Waals surface area contributed by atoms with Crippen LogP contribution < -0.4 is 9.80 Å². The molecule has 71 heavy (non-hydrogen) atoms. The lowest BCUT2D eigenvalue weighted by molar-refractivity contribution is 0.590. The highest BCUT2D eigenvalue weighted by atomic mass is 15.1. The Kier molecular flexibility index (Phi) is 10.6. The highest BCUT2D eigenvalue weighted by Gasteiger charge is 2.48. The number of fused-ring (bicyclic) bond motifs is 9. The highest BCUT2D eigenvalue weighted by molar-refractivity contribution is 6.20. The Morgan fingerprint density at radius 2 is 0.732 bits per heavy atom. The summed E-state index contributed by atoms with van der Waals surface area (Å²) in [4.78, 5) is 4.80. The van der Waals surface area contributed by atoms with Gasteiger partial charge in [-0.3, -0.25) is 0 Å². The quantitative estimate of drug-likeness (QED) is 0.140. The van der Waals surface area contributed by atoms with Crippen LogP contribution in [0.3, 0.4) is 0 Å². The van der Waals surface area contributed by atoms with Crippen molar-refractivity contribution in [1.82, 2.24) is 0 Å². The molecule has 11 aromatic rings. The number of hydrogen-bond donors (Lipinski definition) is 0. The van der Waals surface area contributed by atoms with Gasteiger partial charge in [-0.1, -0.05) is 199 Å². The summed E-state index contributed by atoms with van der Waals surface area (Å²) in [6.45, 7) is 13.7. The average Bonchev–Trinajstić information content (AvgIpc) is 3.70. The molecule has 2 heteroatoms. The summed E-state index contributed by atoms with van der Waals surface area (Å²) < 4.78 is 0. The first-order chi connectivity index (χ1) is 34.5. The van der Waals surface area contributed by atoms with E-state index in [1.807, 2.05) is 0 Å². The minimum absolute atomic E-state index is 0.0511. The molecule has 0 aromatic heterocycles. The monoisotopic (exact) mass is 914 g/mol. The van der Waals surface area contributed by atoms with E-state index in [1.54, 1.807) is 0 Å². The summed E-state index contributed by atoms with van der Waals surface area (Å²) in [6.07, 6.45) is 0. The van der Waals surface area contributed by atoms with E-state index in [1.165, 1.54) is 76.8 Å². The van der Waals surface area contributed by atoms with Crippen LogP contribution in [0, 0.1) is 0 Å². The van der Waals surface area contributed by atoms with Crippen LogP contribution in [-0.4, -0.2) is 0 Å². The highest BCUT2D eigenvalue weighted by Crippen LogP contribution is 2.61. The maximum absolute atomic E-state index is 2.52. The number of benzene rings is 11. The minimum atomic E-state index is -0.648. The summed E-state index contributed by atoms with van der Waals surface area (Å²) in [7, 11) is 0. The van der Waals surface area contributed by atoms with E-state index in [0.717, 1.165) is 34.1 Å². The first-order valence-corrected chi connectivity index (χ1v) is 25.1. The molecule has 1 aliphatic rings. The van der Waals surface area contributed by atoms with Crippen molar-refractivity contribution in [3.05, 3.63) is 276 Å². The molecule has 1 aliphatic carbocycles. The van der Waals surface area contributed by atoms with Gasteiger partial charge in [-0.2, -0.15) is 0 Å². The Hall–Kier alpha value is -8.20. The maximum Gasteiger partial charge on any atom is 0.0720 e. The molecule has 0 atom stereocenters. The average molecular weight is 915 g/mol. The molecule has 0 bridgehead atoms. The zero-order chi connectivity index (χ0) is 48.5. The SMILES string of the molecule is CC(C)(C)c1ccc(N(c2ccccc2)c2ccc3cc4c(cc3c2)C(c2ccccc2)(c2ccccc2)c2c-4c3ccccc3c3cc(N(c4ccccc4)c4ccc(C(C)(C)C)cc4)ccc23)cc1. The third kappa shape index (κ3) is 7.40. The Balaban J connectivity index is 1.13. The molecule has 12 rings (SSSR count). The lowest BCUT2D eigenvalue weighted by Crippen LogP contribution is -2.29. The smallest absolute Gasteiger partial charge is 0.0720 e. The molecule has 0 saturated carbocycles. The van der Waals surface area contributed by atoms with Gasteiger partial charge in [-0.25, -0.2) is 0 Å². The molecule has 0 radical (unpaired) electrons. The van der Waals surface area contributed by atoms with Crippen molar-refractivity contribution < 1.29 is 0 Å². The second-order valence-electron chi connectivity index (χ2n) is 21.4. The van der Waals surface area contributed by atoms with E-state index in [2.05, 4.69) is 294 Å². The van der Waals surface area contributed by atoms with E-state index < -0.39 is 5.41 Å².